The minimum atomic E-state index is -0.645. The number of benzene rings is 1. The molecule has 2 aromatic rings. The van der Waals surface area contributed by atoms with Crippen molar-refractivity contribution in [2.45, 2.75) is 6.04 Å². The summed E-state index contributed by atoms with van der Waals surface area (Å²) in [7, 11) is 0. The van der Waals surface area contributed by atoms with Gasteiger partial charge >= 0.3 is 6.03 Å². The van der Waals surface area contributed by atoms with E-state index in [1.165, 1.54) is 0 Å². The van der Waals surface area contributed by atoms with Crippen molar-refractivity contribution in [2.75, 3.05) is 0 Å². The van der Waals surface area contributed by atoms with Crippen molar-refractivity contribution in [3.05, 3.63) is 23.8 Å². The van der Waals surface area contributed by atoms with Gasteiger partial charge in [0.1, 0.15) is 17.1 Å². The second-order valence-electron chi connectivity index (χ2n) is 3.47. The number of imide groups is 1. The average molecular weight is 217 g/mol. The quantitative estimate of drug-likeness (QED) is 0.578. The third-order valence-electron chi connectivity index (χ3n) is 2.45. The summed E-state index contributed by atoms with van der Waals surface area (Å²) in [5.41, 5.74) is 2.06. The first-order chi connectivity index (χ1) is 7.74. The zero-order valence-electron chi connectivity index (χ0n) is 8.02. The van der Waals surface area contributed by atoms with Gasteiger partial charge in [0.05, 0.1) is 0 Å². The highest BCUT2D eigenvalue weighted by Gasteiger charge is 2.30. The molecule has 2 heterocycles. The van der Waals surface area contributed by atoms with E-state index in [9.17, 15) is 9.59 Å². The molecule has 0 spiro atoms. The minimum Gasteiger partial charge on any atom is -0.322 e. The van der Waals surface area contributed by atoms with E-state index in [4.69, 9.17) is 0 Å². The highest BCUT2D eigenvalue weighted by atomic mass is 16.2. The number of aromatic nitrogens is 3. The van der Waals surface area contributed by atoms with Crippen molar-refractivity contribution in [1.29, 1.82) is 0 Å². The molecule has 1 aliphatic rings. The van der Waals surface area contributed by atoms with Crippen LogP contribution in [0.1, 0.15) is 11.6 Å². The molecular weight excluding hydrogens is 210 g/mol. The van der Waals surface area contributed by atoms with Crippen molar-refractivity contribution in [2.24, 2.45) is 0 Å². The number of fused-ring (bicyclic) bond motifs is 1. The Hall–Kier alpha value is -2.44. The van der Waals surface area contributed by atoms with Crippen molar-refractivity contribution in [3.63, 3.8) is 0 Å². The number of hydrogen-bond acceptors (Lipinski definition) is 4. The first-order valence-electron chi connectivity index (χ1n) is 4.66. The van der Waals surface area contributed by atoms with E-state index >= 15 is 0 Å². The lowest BCUT2D eigenvalue weighted by Crippen LogP contribution is -2.22. The van der Waals surface area contributed by atoms with Crippen LogP contribution in [0.4, 0.5) is 4.79 Å². The molecule has 3 N–H and O–H groups in total. The third-order valence-corrected chi connectivity index (χ3v) is 2.45. The number of nitrogens with one attached hydrogen (secondary N) is 3. The number of H-pyrrole nitrogens is 1. The predicted octanol–water partition coefficient (Wildman–Crippen LogP) is -0.162. The molecule has 3 rings (SSSR count). The summed E-state index contributed by atoms with van der Waals surface area (Å²) in [6.07, 6.45) is 0. The molecule has 7 heteroatoms. The second-order valence-corrected chi connectivity index (χ2v) is 3.47. The smallest absolute Gasteiger partial charge is 0.322 e. The van der Waals surface area contributed by atoms with Crippen LogP contribution >= 0.6 is 0 Å². The Morgan fingerprint density at radius 3 is 2.69 bits per heavy atom. The fraction of sp³-hybridized carbons (Fsp3) is 0.111. The molecule has 1 aliphatic heterocycles. The molecule has 16 heavy (non-hydrogen) atoms. The molecule has 0 bridgehead atoms. The van der Waals surface area contributed by atoms with Crippen molar-refractivity contribution >= 4 is 23.0 Å². The number of carbonyl (C=O) groups is 2. The largest absolute Gasteiger partial charge is 0.322 e. The monoisotopic (exact) mass is 217 g/mol. The second kappa shape index (κ2) is 3.02. The SMILES string of the molecule is O=C1NC(=O)C(c2ccc3n[nH]nc3c2)N1. The summed E-state index contributed by atoms with van der Waals surface area (Å²) in [6.45, 7) is 0. The van der Waals surface area contributed by atoms with E-state index in [1.54, 1.807) is 18.2 Å². The van der Waals surface area contributed by atoms with E-state index in [0.717, 1.165) is 0 Å². The molecule has 0 aliphatic carbocycles. The first-order valence-corrected chi connectivity index (χ1v) is 4.66. The molecule has 1 atom stereocenters. The predicted molar refractivity (Wildman–Crippen MR) is 53.3 cm³/mol. The van der Waals surface area contributed by atoms with Gasteiger partial charge in [-0.3, -0.25) is 10.1 Å². The van der Waals surface area contributed by atoms with Crippen LogP contribution in [0.2, 0.25) is 0 Å². The van der Waals surface area contributed by atoms with Crippen LogP contribution in [0.25, 0.3) is 11.0 Å². The van der Waals surface area contributed by atoms with Gasteiger partial charge in [-0.15, -0.1) is 0 Å². The van der Waals surface area contributed by atoms with E-state index in [2.05, 4.69) is 26.0 Å². The number of nitrogens with zero attached hydrogens (tertiary/aromatic N) is 2. The summed E-state index contributed by atoms with van der Waals surface area (Å²) < 4.78 is 0. The van der Waals surface area contributed by atoms with Gasteiger partial charge in [0, 0.05) is 0 Å². The highest BCUT2D eigenvalue weighted by Crippen LogP contribution is 2.19. The third kappa shape index (κ3) is 1.22. The summed E-state index contributed by atoms with van der Waals surface area (Å²) in [5.74, 6) is -0.354. The molecule has 0 radical (unpaired) electrons. The molecule has 1 saturated heterocycles. The summed E-state index contributed by atoms with van der Waals surface area (Å²) in [5, 5.41) is 15.0. The van der Waals surface area contributed by atoms with Crippen LogP contribution in [0, 0.1) is 0 Å². The van der Waals surface area contributed by atoms with Gasteiger partial charge in [0.25, 0.3) is 5.91 Å². The van der Waals surface area contributed by atoms with E-state index in [1.807, 2.05) is 0 Å². The average Bonchev–Trinajstić information content (AvgIpc) is 2.83. The van der Waals surface area contributed by atoms with Crippen molar-refractivity contribution in [3.8, 4) is 0 Å². The van der Waals surface area contributed by atoms with E-state index < -0.39 is 12.1 Å². The van der Waals surface area contributed by atoms with Gasteiger partial charge in [0.15, 0.2) is 0 Å². The standard InChI is InChI=1S/C9H7N5O2/c15-8-7(10-9(16)11-8)4-1-2-5-6(3-4)13-14-12-5/h1-3,7H,(H,12,13,14)(H2,10,11,15,16). The number of amides is 3. The molecule has 1 unspecified atom stereocenters. The Morgan fingerprint density at radius 2 is 1.94 bits per heavy atom. The first kappa shape index (κ1) is 8.84. The van der Waals surface area contributed by atoms with Crippen LogP contribution in [-0.2, 0) is 4.79 Å². The van der Waals surface area contributed by atoms with Crippen LogP contribution in [-0.4, -0.2) is 27.3 Å². The highest BCUT2D eigenvalue weighted by molar-refractivity contribution is 6.04. The van der Waals surface area contributed by atoms with E-state index in [0.29, 0.717) is 16.6 Å². The Bertz CT molecular complexity index is 590. The maximum absolute atomic E-state index is 11.4. The zero-order valence-corrected chi connectivity index (χ0v) is 8.02. The Balaban J connectivity index is 2.05. The molecule has 7 nitrogen and oxygen atoms in total. The molecule has 3 amide bonds. The zero-order chi connectivity index (χ0) is 11.1. The summed E-state index contributed by atoms with van der Waals surface area (Å²) >= 11 is 0. The lowest BCUT2D eigenvalue weighted by atomic mass is 10.1. The molecule has 1 fully saturated rings. The van der Waals surface area contributed by atoms with Gasteiger partial charge in [0.2, 0.25) is 0 Å². The van der Waals surface area contributed by atoms with Gasteiger partial charge < -0.3 is 5.32 Å². The van der Waals surface area contributed by atoms with E-state index in [-0.39, 0.29) is 5.91 Å². The van der Waals surface area contributed by atoms with Gasteiger partial charge in [-0.25, -0.2) is 4.79 Å². The number of urea groups is 1. The number of aromatic amines is 1. The summed E-state index contributed by atoms with van der Waals surface area (Å²) in [6, 6.07) is 4.07. The van der Waals surface area contributed by atoms with Crippen LogP contribution in [0.3, 0.4) is 0 Å². The Morgan fingerprint density at radius 1 is 1.12 bits per heavy atom. The van der Waals surface area contributed by atoms with Crippen LogP contribution in [0.5, 0.6) is 0 Å². The molecular formula is C9H7N5O2. The normalized spacial score (nSPS) is 19.9. The molecule has 1 aromatic heterocycles. The minimum absolute atomic E-state index is 0.354. The van der Waals surface area contributed by atoms with Gasteiger partial charge in [-0.2, -0.15) is 15.4 Å². The van der Waals surface area contributed by atoms with Crippen molar-refractivity contribution < 1.29 is 9.59 Å². The maximum atomic E-state index is 11.4. The number of carbonyl (C=O) groups excluding carboxylic acids is 2. The summed E-state index contributed by atoms with van der Waals surface area (Å²) in [4.78, 5) is 22.4. The van der Waals surface area contributed by atoms with Crippen molar-refractivity contribution in [1.82, 2.24) is 26.0 Å². The maximum Gasteiger partial charge on any atom is 0.322 e. The van der Waals surface area contributed by atoms with Gasteiger partial charge in [-0.1, -0.05) is 6.07 Å². The lowest BCUT2D eigenvalue weighted by Gasteiger charge is -2.06. The lowest BCUT2D eigenvalue weighted by molar-refractivity contribution is -0.120. The number of rotatable bonds is 1. The van der Waals surface area contributed by atoms with Gasteiger partial charge in [-0.05, 0) is 17.7 Å². The molecule has 1 aromatic carbocycles. The Labute approximate surface area is 89.2 Å². The molecule has 80 valence electrons. The Kier molecular flexibility index (Phi) is 1.67. The van der Waals surface area contributed by atoms with Crippen LogP contribution in [0.15, 0.2) is 18.2 Å². The van der Waals surface area contributed by atoms with Crippen LogP contribution < -0.4 is 10.6 Å². The fourth-order valence-electron chi connectivity index (χ4n) is 1.69. The topological polar surface area (TPSA) is 99.8 Å². The molecule has 0 saturated carbocycles. The number of hydrogen-bond donors (Lipinski definition) is 3. The fourth-order valence-corrected chi connectivity index (χ4v) is 1.69.